The molecule has 3 rings (SSSR count). The largest absolute Gasteiger partial charge is 0.497 e. The number of sulfonamides is 1. The zero-order valence-corrected chi connectivity index (χ0v) is 18.0. The SMILES string of the molecule is COc1ccc(N(CC(=O)N2CCOCC2)S(=O)(=O)c2ccc(C)c([N+](=O)[O-])c2)cc1. The van der Waals surface area contributed by atoms with E-state index in [9.17, 15) is 23.3 Å². The minimum absolute atomic E-state index is 0.241. The van der Waals surface area contributed by atoms with E-state index >= 15 is 0 Å². The van der Waals surface area contributed by atoms with Gasteiger partial charge in [0.05, 0.1) is 35.8 Å². The third kappa shape index (κ3) is 4.94. The van der Waals surface area contributed by atoms with Gasteiger partial charge in [-0.1, -0.05) is 6.07 Å². The second-order valence-electron chi connectivity index (χ2n) is 6.91. The highest BCUT2D eigenvalue weighted by molar-refractivity contribution is 7.92. The van der Waals surface area contributed by atoms with Gasteiger partial charge in [0.15, 0.2) is 0 Å². The molecule has 31 heavy (non-hydrogen) atoms. The number of hydrogen-bond donors (Lipinski definition) is 0. The number of nitro benzene ring substituents is 1. The second-order valence-corrected chi connectivity index (χ2v) is 8.77. The first kappa shape index (κ1) is 22.5. The van der Waals surface area contributed by atoms with Gasteiger partial charge >= 0.3 is 0 Å². The number of carbonyl (C=O) groups is 1. The lowest BCUT2D eigenvalue weighted by molar-refractivity contribution is -0.385. The highest BCUT2D eigenvalue weighted by Gasteiger charge is 2.31. The topological polar surface area (TPSA) is 119 Å². The van der Waals surface area contributed by atoms with Crippen LogP contribution in [-0.2, 0) is 19.6 Å². The fourth-order valence-corrected chi connectivity index (χ4v) is 4.61. The molecule has 0 spiro atoms. The summed E-state index contributed by atoms with van der Waals surface area (Å²) in [7, 11) is -2.79. The molecule has 0 aliphatic carbocycles. The van der Waals surface area contributed by atoms with Gasteiger partial charge in [0.25, 0.3) is 15.7 Å². The summed E-state index contributed by atoms with van der Waals surface area (Å²) in [6, 6.07) is 9.88. The lowest BCUT2D eigenvalue weighted by Gasteiger charge is -2.30. The van der Waals surface area contributed by atoms with Gasteiger partial charge in [-0.15, -0.1) is 0 Å². The molecule has 0 bridgehead atoms. The highest BCUT2D eigenvalue weighted by Crippen LogP contribution is 2.29. The number of ether oxygens (including phenoxy) is 2. The van der Waals surface area contributed by atoms with Crippen LogP contribution < -0.4 is 9.04 Å². The van der Waals surface area contributed by atoms with E-state index in [1.807, 2.05) is 0 Å². The zero-order chi connectivity index (χ0) is 22.6. The molecular weight excluding hydrogens is 426 g/mol. The number of morpholine rings is 1. The Morgan fingerprint density at radius 3 is 2.42 bits per heavy atom. The number of methoxy groups -OCH3 is 1. The van der Waals surface area contributed by atoms with Crippen LogP contribution in [0.3, 0.4) is 0 Å². The number of amides is 1. The third-order valence-electron chi connectivity index (χ3n) is 4.97. The summed E-state index contributed by atoms with van der Waals surface area (Å²) in [5, 5.41) is 11.3. The van der Waals surface area contributed by atoms with Crippen molar-refractivity contribution < 1.29 is 27.6 Å². The van der Waals surface area contributed by atoms with Gasteiger partial charge in [-0.2, -0.15) is 0 Å². The van der Waals surface area contributed by atoms with E-state index in [-0.39, 0.29) is 22.2 Å². The van der Waals surface area contributed by atoms with Gasteiger partial charge < -0.3 is 14.4 Å². The number of nitrogens with zero attached hydrogens (tertiary/aromatic N) is 3. The molecule has 1 heterocycles. The van der Waals surface area contributed by atoms with Crippen molar-refractivity contribution >= 4 is 27.3 Å². The molecule has 1 fully saturated rings. The average molecular weight is 449 g/mol. The molecule has 2 aromatic rings. The number of aryl methyl sites for hydroxylation is 1. The van der Waals surface area contributed by atoms with E-state index in [0.29, 0.717) is 37.6 Å². The van der Waals surface area contributed by atoms with Crippen LogP contribution in [0.2, 0.25) is 0 Å². The molecular formula is C20H23N3O7S. The Bertz CT molecular complexity index is 1060. The second kappa shape index (κ2) is 9.31. The molecule has 0 aromatic heterocycles. The average Bonchev–Trinajstić information content (AvgIpc) is 2.77. The number of nitro groups is 1. The van der Waals surface area contributed by atoms with Gasteiger partial charge in [0, 0.05) is 24.7 Å². The molecule has 0 atom stereocenters. The highest BCUT2D eigenvalue weighted by atomic mass is 32.2. The van der Waals surface area contributed by atoms with Crippen molar-refractivity contribution in [2.75, 3.05) is 44.3 Å². The van der Waals surface area contributed by atoms with E-state index in [4.69, 9.17) is 9.47 Å². The molecule has 10 nitrogen and oxygen atoms in total. The van der Waals surface area contributed by atoms with Crippen LogP contribution >= 0.6 is 0 Å². The quantitative estimate of drug-likeness (QED) is 0.468. The van der Waals surface area contributed by atoms with Crippen molar-refractivity contribution in [3.8, 4) is 5.75 Å². The molecule has 1 aliphatic heterocycles. The van der Waals surface area contributed by atoms with Gasteiger partial charge in [0.1, 0.15) is 12.3 Å². The molecule has 1 amide bonds. The Labute approximate surface area is 180 Å². The van der Waals surface area contributed by atoms with Gasteiger partial charge in [0.2, 0.25) is 5.91 Å². The van der Waals surface area contributed by atoms with E-state index < -0.39 is 21.5 Å². The maximum Gasteiger partial charge on any atom is 0.273 e. The lowest BCUT2D eigenvalue weighted by Crippen LogP contribution is -2.47. The maximum atomic E-state index is 13.5. The predicted octanol–water partition coefficient (Wildman–Crippen LogP) is 1.97. The molecule has 11 heteroatoms. The Morgan fingerprint density at radius 1 is 1.19 bits per heavy atom. The summed E-state index contributed by atoms with van der Waals surface area (Å²) in [5.41, 5.74) is 0.269. The summed E-state index contributed by atoms with van der Waals surface area (Å²) < 4.78 is 38.3. The van der Waals surface area contributed by atoms with Gasteiger partial charge in [-0.25, -0.2) is 8.42 Å². The van der Waals surface area contributed by atoms with E-state index in [1.54, 1.807) is 12.1 Å². The van der Waals surface area contributed by atoms with Crippen molar-refractivity contribution in [2.45, 2.75) is 11.8 Å². The summed E-state index contributed by atoms with van der Waals surface area (Å²) in [5.74, 6) is 0.135. The summed E-state index contributed by atoms with van der Waals surface area (Å²) in [6.07, 6.45) is 0. The van der Waals surface area contributed by atoms with Crippen LogP contribution in [0, 0.1) is 17.0 Å². The van der Waals surface area contributed by atoms with E-state index in [1.165, 1.54) is 43.2 Å². The molecule has 0 radical (unpaired) electrons. The van der Waals surface area contributed by atoms with Crippen LogP contribution in [0.5, 0.6) is 5.75 Å². The van der Waals surface area contributed by atoms with Crippen LogP contribution in [0.15, 0.2) is 47.4 Å². The van der Waals surface area contributed by atoms with E-state index in [2.05, 4.69) is 0 Å². The monoisotopic (exact) mass is 449 g/mol. The molecule has 2 aromatic carbocycles. The van der Waals surface area contributed by atoms with Crippen LogP contribution in [0.25, 0.3) is 0 Å². The first-order valence-electron chi connectivity index (χ1n) is 9.51. The van der Waals surface area contributed by atoms with Crippen LogP contribution in [0.1, 0.15) is 5.56 Å². The number of carbonyl (C=O) groups excluding carboxylic acids is 1. The lowest BCUT2D eigenvalue weighted by atomic mass is 10.2. The van der Waals surface area contributed by atoms with Gasteiger partial charge in [-0.3, -0.25) is 19.2 Å². The number of benzene rings is 2. The molecule has 0 N–H and O–H groups in total. The molecule has 1 saturated heterocycles. The third-order valence-corrected chi connectivity index (χ3v) is 6.74. The fourth-order valence-electron chi connectivity index (χ4n) is 3.17. The summed E-state index contributed by atoms with van der Waals surface area (Å²) >= 11 is 0. The fraction of sp³-hybridized carbons (Fsp3) is 0.350. The van der Waals surface area contributed by atoms with Crippen molar-refractivity contribution in [1.29, 1.82) is 0 Å². The first-order valence-corrected chi connectivity index (χ1v) is 11.0. The Balaban J connectivity index is 2.02. The van der Waals surface area contributed by atoms with Gasteiger partial charge in [-0.05, 0) is 37.3 Å². The Kier molecular flexibility index (Phi) is 6.76. The van der Waals surface area contributed by atoms with Crippen molar-refractivity contribution in [3.05, 3.63) is 58.1 Å². The van der Waals surface area contributed by atoms with Crippen LogP contribution in [-0.4, -0.2) is 64.1 Å². The summed E-state index contributed by atoms with van der Waals surface area (Å²) in [6.45, 7) is 2.57. The number of rotatable bonds is 7. The Morgan fingerprint density at radius 2 is 1.84 bits per heavy atom. The molecule has 0 unspecified atom stereocenters. The van der Waals surface area contributed by atoms with Crippen molar-refractivity contribution in [2.24, 2.45) is 0 Å². The first-order chi connectivity index (χ1) is 14.7. The number of anilines is 1. The molecule has 1 aliphatic rings. The molecule has 0 saturated carbocycles. The summed E-state index contributed by atoms with van der Waals surface area (Å²) in [4.78, 5) is 24.8. The number of hydrogen-bond acceptors (Lipinski definition) is 7. The minimum atomic E-state index is -4.27. The van der Waals surface area contributed by atoms with Crippen molar-refractivity contribution in [3.63, 3.8) is 0 Å². The zero-order valence-electron chi connectivity index (χ0n) is 17.2. The normalized spacial score (nSPS) is 14.2. The maximum absolute atomic E-state index is 13.5. The van der Waals surface area contributed by atoms with Crippen LogP contribution in [0.4, 0.5) is 11.4 Å². The van der Waals surface area contributed by atoms with E-state index in [0.717, 1.165) is 10.4 Å². The predicted molar refractivity (Wildman–Crippen MR) is 113 cm³/mol. The standard InChI is InChI=1S/C20H23N3O7S/c1-15-3-8-18(13-19(15)23(25)26)31(27,28)22(16-4-6-17(29-2)7-5-16)14-20(24)21-9-11-30-12-10-21/h3-8,13H,9-12,14H2,1-2H3. The minimum Gasteiger partial charge on any atom is -0.497 e. The van der Waals surface area contributed by atoms with Crippen molar-refractivity contribution in [1.82, 2.24) is 4.90 Å². The molecule has 166 valence electrons. The smallest absolute Gasteiger partial charge is 0.273 e. The Hall–Kier alpha value is -3.18.